The Labute approximate surface area is 113 Å². The van der Waals surface area contributed by atoms with Crippen LogP contribution >= 0.6 is 11.6 Å². The number of rotatable bonds is 3. The van der Waals surface area contributed by atoms with Crippen molar-refractivity contribution < 1.29 is 14.3 Å². The van der Waals surface area contributed by atoms with Gasteiger partial charge in [-0.3, -0.25) is 0 Å². The molecule has 4 heteroatoms. The average molecular weight is 271 g/mol. The van der Waals surface area contributed by atoms with Gasteiger partial charge in [-0.25, -0.2) is 4.79 Å². The van der Waals surface area contributed by atoms with Crippen LogP contribution in [0.25, 0.3) is 0 Å². The van der Waals surface area contributed by atoms with E-state index in [-0.39, 0.29) is 5.97 Å². The molecule has 0 radical (unpaired) electrons. The Morgan fingerprint density at radius 1 is 1.33 bits per heavy atom. The molecule has 0 saturated heterocycles. The van der Waals surface area contributed by atoms with Crippen molar-refractivity contribution >= 4 is 17.6 Å². The smallest absolute Gasteiger partial charge is 0.347 e. The van der Waals surface area contributed by atoms with Crippen molar-refractivity contribution in [3.63, 3.8) is 0 Å². The Morgan fingerprint density at radius 3 is 2.44 bits per heavy atom. The van der Waals surface area contributed by atoms with Crippen molar-refractivity contribution in [2.75, 3.05) is 0 Å². The van der Waals surface area contributed by atoms with E-state index in [1.165, 1.54) is 0 Å². The molecule has 1 aromatic carbocycles. The summed E-state index contributed by atoms with van der Waals surface area (Å²) in [7, 11) is 0. The van der Waals surface area contributed by atoms with Gasteiger partial charge in [-0.2, -0.15) is 0 Å². The summed E-state index contributed by atoms with van der Waals surface area (Å²) in [4.78, 5) is 11.7. The summed E-state index contributed by atoms with van der Waals surface area (Å²) in [5.74, 6) is 0.227. The first kappa shape index (κ1) is 14.8. The van der Waals surface area contributed by atoms with Gasteiger partial charge in [-0.15, -0.1) is 0 Å². The predicted molar refractivity (Wildman–Crippen MR) is 72.1 cm³/mol. The van der Waals surface area contributed by atoms with E-state index < -0.39 is 11.7 Å². The average Bonchev–Trinajstić information content (AvgIpc) is 2.21. The highest BCUT2D eigenvalue weighted by molar-refractivity contribution is 6.31. The van der Waals surface area contributed by atoms with Crippen molar-refractivity contribution in [3.05, 3.63) is 28.8 Å². The molecule has 1 rings (SSSR count). The molecular weight excluding hydrogens is 252 g/mol. The lowest BCUT2D eigenvalue weighted by Gasteiger charge is -2.22. The number of hydrogen-bond acceptors (Lipinski definition) is 3. The topological polar surface area (TPSA) is 35.5 Å². The van der Waals surface area contributed by atoms with Crippen LogP contribution in [0, 0.1) is 6.92 Å². The lowest BCUT2D eigenvalue weighted by Crippen LogP contribution is -2.33. The molecular formula is C14H19ClO3. The molecule has 18 heavy (non-hydrogen) atoms. The fourth-order valence-corrected chi connectivity index (χ4v) is 1.45. The highest BCUT2D eigenvalue weighted by atomic mass is 35.5. The first-order valence-corrected chi connectivity index (χ1v) is 6.22. The normalized spacial score (nSPS) is 13.0. The van der Waals surface area contributed by atoms with Crippen LogP contribution in [0.2, 0.25) is 5.02 Å². The molecule has 1 atom stereocenters. The minimum absolute atomic E-state index is 0.380. The van der Waals surface area contributed by atoms with Crippen molar-refractivity contribution in [2.24, 2.45) is 0 Å². The molecule has 1 aromatic rings. The van der Waals surface area contributed by atoms with Gasteiger partial charge < -0.3 is 9.47 Å². The molecule has 1 unspecified atom stereocenters. The van der Waals surface area contributed by atoms with Crippen molar-refractivity contribution in [1.29, 1.82) is 0 Å². The van der Waals surface area contributed by atoms with Crippen LogP contribution < -0.4 is 4.74 Å². The lowest BCUT2D eigenvalue weighted by atomic mass is 10.2. The van der Waals surface area contributed by atoms with E-state index in [1.807, 2.05) is 27.7 Å². The third-order valence-electron chi connectivity index (χ3n) is 2.18. The van der Waals surface area contributed by atoms with Crippen molar-refractivity contribution in [2.45, 2.75) is 46.3 Å². The summed E-state index contributed by atoms with van der Waals surface area (Å²) in [5, 5.41) is 0.673. The van der Waals surface area contributed by atoms with Crippen molar-refractivity contribution in [3.8, 4) is 5.75 Å². The van der Waals surface area contributed by atoms with Gasteiger partial charge in [0.2, 0.25) is 0 Å². The van der Waals surface area contributed by atoms with Gasteiger partial charge in [0, 0.05) is 5.02 Å². The zero-order chi connectivity index (χ0) is 13.9. The predicted octanol–water partition coefficient (Wildman–Crippen LogP) is 3.76. The summed E-state index contributed by atoms with van der Waals surface area (Å²) >= 11 is 5.92. The molecule has 0 heterocycles. The van der Waals surface area contributed by atoms with Crippen LogP contribution in [0.15, 0.2) is 18.2 Å². The van der Waals surface area contributed by atoms with Crippen LogP contribution in [-0.4, -0.2) is 17.7 Å². The molecule has 0 aliphatic heterocycles. The second-order valence-corrected chi connectivity index (χ2v) is 5.61. The molecule has 0 aliphatic carbocycles. The molecule has 0 amide bonds. The van der Waals surface area contributed by atoms with E-state index in [0.29, 0.717) is 10.8 Å². The molecule has 0 bridgehead atoms. The van der Waals surface area contributed by atoms with E-state index in [4.69, 9.17) is 21.1 Å². The molecule has 0 fully saturated rings. The minimum atomic E-state index is -0.648. The highest BCUT2D eigenvalue weighted by Crippen LogP contribution is 2.22. The van der Waals surface area contributed by atoms with E-state index >= 15 is 0 Å². The zero-order valence-electron chi connectivity index (χ0n) is 11.4. The Hall–Kier alpha value is -1.22. The monoisotopic (exact) mass is 270 g/mol. The number of ether oxygens (including phenoxy) is 2. The lowest BCUT2D eigenvalue weighted by molar-refractivity contribution is -0.162. The van der Waals surface area contributed by atoms with Crippen molar-refractivity contribution in [1.82, 2.24) is 0 Å². The summed E-state index contributed by atoms with van der Waals surface area (Å²) < 4.78 is 10.8. The number of carbonyl (C=O) groups excluding carboxylic acids is 1. The number of benzene rings is 1. The standard InChI is InChI=1S/C14H19ClO3/c1-9-8-11(6-7-12(9)15)17-10(2)13(16)18-14(3,4)5/h6-8,10H,1-5H3. The SMILES string of the molecule is Cc1cc(OC(C)C(=O)OC(C)(C)C)ccc1Cl. The van der Waals surface area contributed by atoms with Crippen LogP contribution in [0.4, 0.5) is 0 Å². The quantitative estimate of drug-likeness (QED) is 0.785. The number of halogens is 1. The number of aryl methyl sites for hydroxylation is 1. The van der Waals surface area contributed by atoms with Crippen LogP contribution in [-0.2, 0) is 9.53 Å². The van der Waals surface area contributed by atoms with Gasteiger partial charge in [0.25, 0.3) is 0 Å². The molecule has 0 spiro atoms. The maximum absolute atomic E-state index is 11.7. The third kappa shape index (κ3) is 4.57. The number of carbonyl (C=O) groups is 1. The largest absolute Gasteiger partial charge is 0.479 e. The van der Waals surface area contributed by atoms with Gasteiger partial charge in [0.15, 0.2) is 6.10 Å². The molecule has 0 saturated carbocycles. The molecule has 0 aliphatic rings. The highest BCUT2D eigenvalue weighted by Gasteiger charge is 2.23. The van der Waals surface area contributed by atoms with E-state index in [9.17, 15) is 4.79 Å². The van der Waals surface area contributed by atoms with Crippen LogP contribution in [0.1, 0.15) is 33.3 Å². The molecule has 100 valence electrons. The summed E-state index contributed by atoms with van der Waals surface area (Å²) in [6.45, 7) is 9.02. The summed E-state index contributed by atoms with van der Waals surface area (Å²) in [5.41, 5.74) is 0.399. The van der Waals surface area contributed by atoms with Crippen LogP contribution in [0.5, 0.6) is 5.75 Å². The van der Waals surface area contributed by atoms with Gasteiger partial charge >= 0.3 is 5.97 Å². The fourth-order valence-electron chi connectivity index (χ4n) is 1.33. The fraction of sp³-hybridized carbons (Fsp3) is 0.500. The Bertz CT molecular complexity index is 435. The number of esters is 1. The second-order valence-electron chi connectivity index (χ2n) is 5.20. The minimum Gasteiger partial charge on any atom is -0.479 e. The molecule has 3 nitrogen and oxygen atoms in total. The maximum Gasteiger partial charge on any atom is 0.347 e. The first-order valence-electron chi connectivity index (χ1n) is 5.85. The van der Waals surface area contributed by atoms with E-state index in [0.717, 1.165) is 5.56 Å². The third-order valence-corrected chi connectivity index (χ3v) is 2.61. The maximum atomic E-state index is 11.7. The summed E-state index contributed by atoms with van der Waals surface area (Å²) in [6.07, 6.45) is -0.648. The Balaban J connectivity index is 2.66. The van der Waals surface area contributed by atoms with E-state index in [1.54, 1.807) is 25.1 Å². The Kier molecular flexibility index (Phi) is 4.63. The zero-order valence-corrected chi connectivity index (χ0v) is 12.2. The molecule has 0 N–H and O–H groups in total. The second kappa shape index (κ2) is 5.61. The van der Waals surface area contributed by atoms with Gasteiger partial charge in [0.1, 0.15) is 11.4 Å². The van der Waals surface area contributed by atoms with Gasteiger partial charge in [-0.1, -0.05) is 11.6 Å². The van der Waals surface area contributed by atoms with Gasteiger partial charge in [0.05, 0.1) is 0 Å². The van der Waals surface area contributed by atoms with Gasteiger partial charge in [-0.05, 0) is 58.4 Å². The Morgan fingerprint density at radius 2 is 1.94 bits per heavy atom. The molecule has 0 aromatic heterocycles. The first-order chi connectivity index (χ1) is 8.19. The summed E-state index contributed by atoms with van der Waals surface area (Å²) in [6, 6.07) is 5.27. The van der Waals surface area contributed by atoms with Crippen LogP contribution in [0.3, 0.4) is 0 Å². The van der Waals surface area contributed by atoms with E-state index in [2.05, 4.69) is 0 Å². The number of hydrogen-bond donors (Lipinski definition) is 0.